The number of aryl methyl sites for hydroxylation is 1. The van der Waals surface area contributed by atoms with E-state index in [4.69, 9.17) is 0 Å². The Morgan fingerprint density at radius 3 is 2.91 bits per heavy atom. The van der Waals surface area contributed by atoms with Crippen LogP contribution in [0.3, 0.4) is 0 Å². The molecule has 0 radical (unpaired) electrons. The van der Waals surface area contributed by atoms with Crippen LogP contribution in [0.1, 0.15) is 5.01 Å². The predicted molar refractivity (Wildman–Crippen MR) is 89.5 cm³/mol. The topological polar surface area (TPSA) is 77.5 Å². The average molecular weight is 346 g/mol. The van der Waals surface area contributed by atoms with Crippen LogP contribution in [-0.2, 0) is 11.2 Å². The smallest absolute Gasteiger partial charge is 0.198 e. The van der Waals surface area contributed by atoms with E-state index in [0.717, 1.165) is 15.4 Å². The molecule has 0 saturated heterocycles. The standard InChI is InChI=1S/C15H11FN4OS2/c1-7-18-11-4-3-10(19-15(11)22-7)13-8-6-17-20-12(8)5-9(16)14(13)23(2)21/h3-6H,1-2H3,(H,17,20). The van der Waals surface area contributed by atoms with Crippen molar-refractivity contribution in [2.45, 2.75) is 11.8 Å². The van der Waals surface area contributed by atoms with E-state index in [1.54, 1.807) is 12.3 Å². The fourth-order valence-corrected chi connectivity index (χ4v) is 4.26. The predicted octanol–water partition coefficient (Wildman–Crippen LogP) is 3.42. The summed E-state index contributed by atoms with van der Waals surface area (Å²) in [5.41, 5.74) is 2.43. The van der Waals surface area contributed by atoms with Gasteiger partial charge in [-0.3, -0.25) is 5.10 Å². The number of aromatic nitrogens is 4. The number of hydrogen-bond donors (Lipinski definition) is 1. The van der Waals surface area contributed by atoms with Gasteiger partial charge in [-0.1, -0.05) is 11.3 Å². The van der Waals surface area contributed by atoms with E-state index in [0.29, 0.717) is 22.2 Å². The van der Waals surface area contributed by atoms with E-state index in [2.05, 4.69) is 20.2 Å². The molecule has 5 nitrogen and oxygen atoms in total. The molecule has 3 heterocycles. The minimum absolute atomic E-state index is 0.145. The number of rotatable bonds is 2. The van der Waals surface area contributed by atoms with Gasteiger partial charge in [0.25, 0.3) is 0 Å². The van der Waals surface area contributed by atoms with Crippen LogP contribution in [-0.4, -0.2) is 31.0 Å². The molecule has 3 aromatic heterocycles. The number of thiazole rings is 1. The first-order chi connectivity index (χ1) is 11.0. The molecule has 0 fully saturated rings. The summed E-state index contributed by atoms with van der Waals surface area (Å²) in [4.78, 5) is 9.89. The zero-order chi connectivity index (χ0) is 16.1. The number of pyridine rings is 1. The minimum Gasteiger partial charge on any atom is -0.612 e. The Bertz CT molecular complexity index is 1040. The second-order valence-electron chi connectivity index (χ2n) is 5.10. The third-order valence-electron chi connectivity index (χ3n) is 3.56. The molecular weight excluding hydrogens is 335 g/mol. The Balaban J connectivity index is 2.08. The summed E-state index contributed by atoms with van der Waals surface area (Å²) >= 11 is -0.0185. The fourth-order valence-electron chi connectivity index (χ4n) is 2.64. The lowest BCUT2D eigenvalue weighted by Gasteiger charge is -2.12. The van der Waals surface area contributed by atoms with Crippen molar-refractivity contribution in [2.24, 2.45) is 0 Å². The van der Waals surface area contributed by atoms with E-state index in [-0.39, 0.29) is 4.90 Å². The van der Waals surface area contributed by atoms with Gasteiger partial charge >= 0.3 is 0 Å². The molecule has 0 aliphatic rings. The normalized spacial score (nSPS) is 13.0. The third kappa shape index (κ3) is 2.30. The summed E-state index contributed by atoms with van der Waals surface area (Å²) in [7, 11) is 0. The van der Waals surface area contributed by atoms with Crippen LogP contribution < -0.4 is 0 Å². The number of H-pyrrole nitrogens is 1. The third-order valence-corrected chi connectivity index (χ3v) is 5.41. The summed E-state index contributed by atoms with van der Waals surface area (Å²) in [5, 5.41) is 8.33. The summed E-state index contributed by atoms with van der Waals surface area (Å²) < 4.78 is 26.5. The molecule has 1 aromatic carbocycles. The van der Waals surface area contributed by atoms with Crippen LogP contribution >= 0.6 is 11.3 Å². The highest BCUT2D eigenvalue weighted by atomic mass is 32.2. The monoisotopic (exact) mass is 346 g/mol. The van der Waals surface area contributed by atoms with Crippen molar-refractivity contribution < 1.29 is 8.94 Å². The molecule has 4 rings (SSSR count). The fraction of sp³-hybridized carbons (Fsp3) is 0.133. The van der Waals surface area contributed by atoms with Crippen LogP contribution in [0.5, 0.6) is 0 Å². The van der Waals surface area contributed by atoms with Gasteiger partial charge in [0.15, 0.2) is 10.7 Å². The number of benzene rings is 1. The van der Waals surface area contributed by atoms with Gasteiger partial charge in [0, 0.05) is 11.5 Å². The van der Waals surface area contributed by atoms with Crippen LogP contribution in [0.4, 0.5) is 4.39 Å². The molecule has 0 aliphatic carbocycles. The lowest BCUT2D eigenvalue weighted by Crippen LogP contribution is -2.05. The molecule has 1 atom stereocenters. The Kier molecular flexibility index (Phi) is 3.33. The SMILES string of the molecule is Cc1nc2ccc(-c3c([S+](C)[O-])c(F)cc4[nH]ncc34)nc2s1. The van der Waals surface area contributed by atoms with Gasteiger partial charge in [0.1, 0.15) is 16.6 Å². The van der Waals surface area contributed by atoms with Crippen molar-refractivity contribution in [1.82, 2.24) is 20.2 Å². The van der Waals surface area contributed by atoms with Crippen LogP contribution in [0.25, 0.3) is 32.5 Å². The van der Waals surface area contributed by atoms with Crippen molar-refractivity contribution in [1.29, 1.82) is 0 Å². The Morgan fingerprint density at radius 2 is 2.13 bits per heavy atom. The van der Waals surface area contributed by atoms with Crippen molar-refractivity contribution >= 4 is 43.8 Å². The molecule has 116 valence electrons. The largest absolute Gasteiger partial charge is 0.612 e. The van der Waals surface area contributed by atoms with Crippen LogP contribution in [0, 0.1) is 12.7 Å². The summed E-state index contributed by atoms with van der Waals surface area (Å²) in [5.74, 6) is -0.528. The number of aromatic amines is 1. The van der Waals surface area contributed by atoms with Crippen molar-refractivity contribution in [2.75, 3.05) is 6.26 Å². The van der Waals surface area contributed by atoms with Gasteiger partial charge < -0.3 is 4.55 Å². The average Bonchev–Trinajstić information content (AvgIpc) is 3.09. The molecule has 0 bridgehead atoms. The zero-order valence-electron chi connectivity index (χ0n) is 12.3. The summed E-state index contributed by atoms with van der Waals surface area (Å²) in [6.45, 7) is 1.91. The lowest BCUT2D eigenvalue weighted by atomic mass is 10.1. The Labute approximate surface area is 137 Å². The lowest BCUT2D eigenvalue weighted by molar-refractivity contribution is 0.572. The highest BCUT2D eigenvalue weighted by Gasteiger charge is 2.25. The van der Waals surface area contributed by atoms with E-state index in [1.807, 2.05) is 13.0 Å². The van der Waals surface area contributed by atoms with Crippen molar-refractivity contribution in [3.63, 3.8) is 0 Å². The molecule has 1 N–H and O–H groups in total. The highest BCUT2D eigenvalue weighted by Crippen LogP contribution is 2.36. The number of fused-ring (bicyclic) bond motifs is 2. The molecule has 23 heavy (non-hydrogen) atoms. The van der Waals surface area contributed by atoms with Crippen LogP contribution in [0.2, 0.25) is 0 Å². The molecule has 0 aliphatic heterocycles. The van der Waals surface area contributed by atoms with Crippen molar-refractivity contribution in [3.05, 3.63) is 35.2 Å². The van der Waals surface area contributed by atoms with E-state index in [1.165, 1.54) is 23.7 Å². The minimum atomic E-state index is -1.49. The maximum absolute atomic E-state index is 14.4. The molecule has 0 amide bonds. The Morgan fingerprint density at radius 1 is 1.30 bits per heavy atom. The molecule has 1 unspecified atom stereocenters. The number of nitrogens with one attached hydrogen (secondary N) is 1. The van der Waals surface area contributed by atoms with Gasteiger partial charge in [0.2, 0.25) is 0 Å². The summed E-state index contributed by atoms with van der Waals surface area (Å²) in [6, 6.07) is 4.94. The van der Waals surface area contributed by atoms with Gasteiger partial charge in [-0.2, -0.15) is 5.10 Å². The molecule has 4 aromatic rings. The first-order valence-corrected chi connectivity index (χ1v) is 9.15. The number of halogens is 1. The van der Waals surface area contributed by atoms with Crippen LogP contribution in [0.15, 0.2) is 29.3 Å². The number of hydrogen-bond acceptors (Lipinski definition) is 5. The quantitative estimate of drug-likeness (QED) is 0.564. The zero-order valence-corrected chi connectivity index (χ0v) is 13.9. The second-order valence-corrected chi connectivity index (χ2v) is 7.60. The second kappa shape index (κ2) is 5.26. The van der Waals surface area contributed by atoms with E-state index >= 15 is 0 Å². The summed E-state index contributed by atoms with van der Waals surface area (Å²) in [6.07, 6.45) is 3.06. The van der Waals surface area contributed by atoms with Gasteiger partial charge in [-0.05, 0) is 30.2 Å². The first kappa shape index (κ1) is 14.6. The van der Waals surface area contributed by atoms with Gasteiger partial charge in [-0.25, -0.2) is 14.4 Å². The maximum atomic E-state index is 14.4. The first-order valence-electron chi connectivity index (χ1n) is 6.78. The van der Waals surface area contributed by atoms with E-state index < -0.39 is 17.0 Å². The Hall–Kier alpha value is -2.03. The van der Waals surface area contributed by atoms with Gasteiger partial charge in [0.05, 0.1) is 28.0 Å². The molecule has 0 spiro atoms. The molecular formula is C15H11FN4OS2. The highest BCUT2D eigenvalue weighted by molar-refractivity contribution is 7.90. The van der Waals surface area contributed by atoms with Gasteiger partial charge in [-0.15, -0.1) is 0 Å². The van der Waals surface area contributed by atoms with Crippen molar-refractivity contribution in [3.8, 4) is 11.3 Å². The van der Waals surface area contributed by atoms with E-state index in [9.17, 15) is 8.94 Å². The molecule has 8 heteroatoms. The molecule has 0 saturated carbocycles. The maximum Gasteiger partial charge on any atom is 0.198 e. The number of nitrogens with zero attached hydrogens (tertiary/aromatic N) is 3.